The average molecular weight is 408 g/mol. The molecule has 1 fully saturated rings. The highest BCUT2D eigenvalue weighted by Gasteiger charge is 2.27. The molecule has 7 heteroatoms. The third kappa shape index (κ3) is 4.95. The zero-order valence-electron chi connectivity index (χ0n) is 13.1. The number of benzene rings is 1. The summed E-state index contributed by atoms with van der Waals surface area (Å²) in [5.74, 6) is 1.52. The molecule has 0 bridgehead atoms. The number of amides is 1. The second-order valence-electron chi connectivity index (χ2n) is 5.53. The van der Waals surface area contributed by atoms with Gasteiger partial charge in [-0.1, -0.05) is 30.3 Å². The van der Waals surface area contributed by atoms with Crippen LogP contribution in [0.1, 0.15) is 12.0 Å². The number of halogens is 1. The van der Waals surface area contributed by atoms with E-state index in [0.29, 0.717) is 18.3 Å². The van der Waals surface area contributed by atoms with Gasteiger partial charge in [0, 0.05) is 31.1 Å². The summed E-state index contributed by atoms with van der Waals surface area (Å²) < 4.78 is 6.55. The highest BCUT2D eigenvalue weighted by Crippen LogP contribution is 2.18. The SMILES string of the molecule is O=C(CSCc1ccccc1)N1CC[C@@H](Oc2ncc(Br)cn2)C1. The lowest BCUT2D eigenvalue weighted by Gasteiger charge is -2.16. The molecule has 5 nitrogen and oxygen atoms in total. The van der Waals surface area contributed by atoms with Crippen molar-refractivity contribution >= 4 is 33.6 Å². The Labute approximate surface area is 154 Å². The van der Waals surface area contributed by atoms with Crippen LogP contribution in [0, 0.1) is 0 Å². The first-order valence-corrected chi connectivity index (χ1v) is 9.69. The van der Waals surface area contributed by atoms with E-state index in [2.05, 4.69) is 38.0 Å². The molecular weight excluding hydrogens is 390 g/mol. The summed E-state index contributed by atoms with van der Waals surface area (Å²) in [7, 11) is 0. The second-order valence-corrected chi connectivity index (χ2v) is 7.43. The van der Waals surface area contributed by atoms with Gasteiger partial charge in [-0.15, -0.1) is 11.8 Å². The average Bonchev–Trinajstić information content (AvgIpc) is 3.06. The molecule has 1 aromatic heterocycles. The lowest BCUT2D eigenvalue weighted by molar-refractivity contribution is -0.127. The van der Waals surface area contributed by atoms with E-state index >= 15 is 0 Å². The standard InChI is InChI=1S/C17H18BrN3O2S/c18-14-8-19-17(20-9-14)23-15-6-7-21(10-15)16(22)12-24-11-13-4-2-1-3-5-13/h1-5,8-9,15H,6-7,10-12H2/t15-/m1/s1. The number of thioether (sulfide) groups is 1. The van der Waals surface area contributed by atoms with Crippen molar-refractivity contribution in [2.24, 2.45) is 0 Å². The number of nitrogens with zero attached hydrogens (tertiary/aromatic N) is 3. The zero-order chi connectivity index (χ0) is 16.8. The monoisotopic (exact) mass is 407 g/mol. The van der Waals surface area contributed by atoms with Crippen molar-refractivity contribution < 1.29 is 9.53 Å². The molecule has 1 saturated heterocycles. The lowest BCUT2D eigenvalue weighted by Crippen LogP contribution is -2.32. The molecule has 3 rings (SSSR count). The van der Waals surface area contributed by atoms with Crippen LogP contribution in [0.2, 0.25) is 0 Å². The summed E-state index contributed by atoms with van der Waals surface area (Å²) in [5, 5.41) is 0. The number of aromatic nitrogens is 2. The Bertz CT molecular complexity index is 669. The quantitative estimate of drug-likeness (QED) is 0.735. The van der Waals surface area contributed by atoms with Gasteiger partial charge in [-0.25, -0.2) is 9.97 Å². The third-order valence-electron chi connectivity index (χ3n) is 3.70. The van der Waals surface area contributed by atoms with Gasteiger partial charge in [-0.3, -0.25) is 4.79 Å². The summed E-state index contributed by atoms with van der Waals surface area (Å²) in [4.78, 5) is 22.4. The molecule has 1 atom stereocenters. The van der Waals surface area contributed by atoms with E-state index in [1.165, 1.54) is 5.56 Å². The zero-order valence-corrected chi connectivity index (χ0v) is 15.5. The Morgan fingerprint density at radius 2 is 2.04 bits per heavy atom. The fraction of sp³-hybridized carbons (Fsp3) is 0.353. The number of rotatable bonds is 6. The van der Waals surface area contributed by atoms with Crippen molar-refractivity contribution in [3.63, 3.8) is 0 Å². The van der Waals surface area contributed by atoms with E-state index in [1.54, 1.807) is 24.2 Å². The first kappa shape index (κ1) is 17.2. The van der Waals surface area contributed by atoms with Gasteiger partial charge in [0.25, 0.3) is 0 Å². The van der Waals surface area contributed by atoms with Gasteiger partial charge in [0.15, 0.2) is 0 Å². The number of carbonyl (C=O) groups excluding carboxylic acids is 1. The number of hydrogen-bond acceptors (Lipinski definition) is 5. The minimum Gasteiger partial charge on any atom is -0.458 e. The van der Waals surface area contributed by atoms with Crippen LogP contribution in [-0.4, -0.2) is 45.7 Å². The van der Waals surface area contributed by atoms with Gasteiger partial charge in [-0.2, -0.15) is 0 Å². The smallest absolute Gasteiger partial charge is 0.316 e. The van der Waals surface area contributed by atoms with Crippen molar-refractivity contribution in [2.45, 2.75) is 18.3 Å². The summed E-state index contributed by atoms with van der Waals surface area (Å²) in [6, 6.07) is 10.6. The Balaban J connectivity index is 1.41. The van der Waals surface area contributed by atoms with Crippen molar-refractivity contribution in [1.29, 1.82) is 0 Å². The molecule has 126 valence electrons. The third-order valence-corrected chi connectivity index (χ3v) is 5.10. The largest absolute Gasteiger partial charge is 0.458 e. The van der Waals surface area contributed by atoms with E-state index < -0.39 is 0 Å². The van der Waals surface area contributed by atoms with Crippen LogP contribution in [0.5, 0.6) is 6.01 Å². The Kier molecular flexibility index (Phi) is 6.09. The summed E-state index contributed by atoms with van der Waals surface area (Å²) in [6.45, 7) is 1.33. The van der Waals surface area contributed by atoms with Crippen molar-refractivity contribution in [3.05, 3.63) is 52.8 Å². The molecule has 0 unspecified atom stereocenters. The Morgan fingerprint density at radius 3 is 2.79 bits per heavy atom. The molecule has 1 aromatic carbocycles. The fourth-order valence-electron chi connectivity index (χ4n) is 2.48. The maximum atomic E-state index is 12.3. The summed E-state index contributed by atoms with van der Waals surface area (Å²) in [5.41, 5.74) is 1.24. The fourth-order valence-corrected chi connectivity index (χ4v) is 3.58. The molecular formula is C17H18BrN3O2S. The minimum absolute atomic E-state index is 0.0331. The van der Waals surface area contributed by atoms with E-state index in [0.717, 1.165) is 23.2 Å². The Hall–Kier alpha value is -1.60. The molecule has 1 aliphatic rings. The molecule has 24 heavy (non-hydrogen) atoms. The van der Waals surface area contributed by atoms with Gasteiger partial charge in [0.1, 0.15) is 6.10 Å². The van der Waals surface area contributed by atoms with Crippen LogP contribution < -0.4 is 4.74 Å². The number of likely N-dealkylation sites (tertiary alicyclic amines) is 1. The first-order valence-electron chi connectivity index (χ1n) is 7.74. The highest BCUT2D eigenvalue weighted by molar-refractivity contribution is 9.10. The van der Waals surface area contributed by atoms with E-state index in [1.807, 2.05) is 23.1 Å². The number of carbonyl (C=O) groups is 1. The van der Waals surface area contributed by atoms with Gasteiger partial charge in [0.05, 0.1) is 16.8 Å². The maximum Gasteiger partial charge on any atom is 0.316 e. The molecule has 0 aliphatic carbocycles. The van der Waals surface area contributed by atoms with Gasteiger partial charge in [0.2, 0.25) is 5.91 Å². The Morgan fingerprint density at radius 1 is 1.29 bits per heavy atom. The first-order chi connectivity index (χ1) is 11.7. The molecule has 1 aliphatic heterocycles. The molecule has 2 aromatic rings. The van der Waals surface area contributed by atoms with Crippen molar-refractivity contribution in [3.8, 4) is 6.01 Å². The topological polar surface area (TPSA) is 55.3 Å². The van der Waals surface area contributed by atoms with E-state index in [9.17, 15) is 4.79 Å². The van der Waals surface area contributed by atoms with Crippen LogP contribution in [0.15, 0.2) is 47.2 Å². The summed E-state index contributed by atoms with van der Waals surface area (Å²) in [6.07, 6.45) is 4.09. The highest BCUT2D eigenvalue weighted by atomic mass is 79.9. The van der Waals surface area contributed by atoms with Crippen LogP contribution in [0.4, 0.5) is 0 Å². The van der Waals surface area contributed by atoms with E-state index in [4.69, 9.17) is 4.74 Å². The molecule has 0 N–H and O–H groups in total. The van der Waals surface area contributed by atoms with Crippen LogP contribution >= 0.6 is 27.7 Å². The minimum atomic E-state index is -0.0331. The van der Waals surface area contributed by atoms with Crippen molar-refractivity contribution in [1.82, 2.24) is 14.9 Å². The number of hydrogen-bond donors (Lipinski definition) is 0. The molecule has 1 amide bonds. The van der Waals surface area contributed by atoms with Crippen LogP contribution in [0.25, 0.3) is 0 Å². The lowest BCUT2D eigenvalue weighted by atomic mass is 10.2. The molecule has 0 saturated carbocycles. The maximum absolute atomic E-state index is 12.3. The van der Waals surface area contributed by atoms with Gasteiger partial charge < -0.3 is 9.64 Å². The van der Waals surface area contributed by atoms with Crippen molar-refractivity contribution in [2.75, 3.05) is 18.8 Å². The summed E-state index contributed by atoms with van der Waals surface area (Å²) >= 11 is 4.94. The van der Waals surface area contributed by atoms with Crippen LogP contribution in [-0.2, 0) is 10.5 Å². The normalized spacial score (nSPS) is 17.0. The van der Waals surface area contributed by atoms with Gasteiger partial charge >= 0.3 is 6.01 Å². The predicted octanol–water partition coefficient (Wildman–Crippen LogP) is 3.15. The molecule has 0 radical (unpaired) electrons. The number of ether oxygens (including phenoxy) is 1. The van der Waals surface area contributed by atoms with E-state index in [-0.39, 0.29) is 12.0 Å². The molecule has 2 heterocycles. The second kappa shape index (κ2) is 8.48. The molecule has 0 spiro atoms. The predicted molar refractivity (Wildman–Crippen MR) is 97.9 cm³/mol. The van der Waals surface area contributed by atoms with Gasteiger partial charge in [-0.05, 0) is 21.5 Å². The van der Waals surface area contributed by atoms with Crippen LogP contribution in [0.3, 0.4) is 0 Å².